The fourth-order valence-corrected chi connectivity index (χ4v) is 2.34. The Kier molecular flexibility index (Phi) is 11.0. The molecule has 0 bridgehead atoms. The Morgan fingerprint density at radius 3 is 1.80 bits per heavy atom. The van der Waals surface area contributed by atoms with Crippen LogP contribution in [0.25, 0.3) is 0 Å². The number of carbonyl (C=O) groups is 6. The van der Waals surface area contributed by atoms with E-state index < -0.39 is 72.5 Å². The number of aliphatic carboxylic acids is 1. The highest BCUT2D eigenvalue weighted by molar-refractivity contribution is 5.95. The molecule has 0 heterocycles. The average Bonchev–Trinajstić information content (AvgIpc) is 2.63. The molecule has 5 amide bonds. The van der Waals surface area contributed by atoms with Gasteiger partial charge in [-0.15, -0.1) is 0 Å². The molecular formula is C17H30N6O7. The van der Waals surface area contributed by atoms with Gasteiger partial charge in [-0.1, -0.05) is 20.3 Å². The number of nitrogens with one attached hydrogen (secondary N) is 3. The van der Waals surface area contributed by atoms with Gasteiger partial charge in [0, 0.05) is 0 Å². The van der Waals surface area contributed by atoms with Crippen molar-refractivity contribution in [3.8, 4) is 0 Å². The van der Waals surface area contributed by atoms with Crippen molar-refractivity contribution in [1.82, 2.24) is 16.0 Å². The molecule has 0 aliphatic rings. The van der Waals surface area contributed by atoms with Gasteiger partial charge in [0.15, 0.2) is 0 Å². The molecule has 0 aromatic rings. The Balaban J connectivity index is 5.15. The quantitative estimate of drug-likeness (QED) is 0.155. The van der Waals surface area contributed by atoms with Gasteiger partial charge in [0.05, 0.1) is 18.9 Å². The van der Waals surface area contributed by atoms with Gasteiger partial charge >= 0.3 is 5.97 Å². The van der Waals surface area contributed by atoms with Crippen LogP contribution < -0.4 is 33.2 Å². The molecule has 5 unspecified atom stereocenters. The predicted molar refractivity (Wildman–Crippen MR) is 104 cm³/mol. The van der Waals surface area contributed by atoms with E-state index in [-0.39, 0.29) is 5.92 Å². The van der Waals surface area contributed by atoms with Crippen LogP contribution in [0.1, 0.15) is 40.0 Å². The summed E-state index contributed by atoms with van der Waals surface area (Å²) in [5, 5.41) is 15.9. The smallest absolute Gasteiger partial charge is 0.326 e. The number of primary amides is 2. The van der Waals surface area contributed by atoms with Crippen molar-refractivity contribution in [3.05, 3.63) is 0 Å². The van der Waals surface area contributed by atoms with Crippen molar-refractivity contribution in [2.24, 2.45) is 23.1 Å². The molecule has 0 saturated carbocycles. The maximum Gasteiger partial charge on any atom is 0.326 e. The van der Waals surface area contributed by atoms with Gasteiger partial charge in [-0.25, -0.2) is 4.79 Å². The van der Waals surface area contributed by atoms with Crippen LogP contribution in [0.2, 0.25) is 0 Å². The summed E-state index contributed by atoms with van der Waals surface area (Å²) < 4.78 is 0. The molecular weight excluding hydrogens is 400 g/mol. The lowest BCUT2D eigenvalue weighted by Crippen LogP contribution is -2.58. The maximum absolute atomic E-state index is 12.6. The van der Waals surface area contributed by atoms with E-state index in [1.807, 2.05) is 0 Å². The second kappa shape index (κ2) is 12.4. The summed E-state index contributed by atoms with van der Waals surface area (Å²) in [6.45, 7) is 4.75. The second-order valence-electron chi connectivity index (χ2n) is 6.95. The van der Waals surface area contributed by atoms with E-state index in [4.69, 9.17) is 22.3 Å². The standard InChI is InChI=1S/C17H30N6O7/c1-4-7(2)13(23-15(27)9(18)5-11(19)24)16(28)21-8(3)14(26)22-10(17(29)30)6-12(20)25/h7-10,13H,4-6,18H2,1-3H3,(H2,19,24)(H2,20,25)(H,21,28)(H,22,26)(H,23,27)(H,29,30). The Morgan fingerprint density at radius 1 is 0.833 bits per heavy atom. The number of hydrogen-bond donors (Lipinski definition) is 7. The van der Waals surface area contributed by atoms with Crippen LogP contribution in [0.5, 0.6) is 0 Å². The van der Waals surface area contributed by atoms with Gasteiger partial charge in [0.25, 0.3) is 0 Å². The Bertz CT molecular complexity index is 684. The molecule has 0 radical (unpaired) electrons. The molecule has 13 nitrogen and oxygen atoms in total. The summed E-state index contributed by atoms with van der Waals surface area (Å²) in [5.74, 6) is -5.87. The number of carboxylic acids is 1. The summed E-state index contributed by atoms with van der Waals surface area (Å²) in [4.78, 5) is 69.9. The lowest BCUT2D eigenvalue weighted by molar-refractivity contribution is -0.143. The minimum atomic E-state index is -1.55. The van der Waals surface area contributed by atoms with Crippen molar-refractivity contribution in [2.75, 3.05) is 0 Å². The van der Waals surface area contributed by atoms with E-state index in [1.165, 1.54) is 6.92 Å². The zero-order valence-corrected chi connectivity index (χ0v) is 17.1. The number of amides is 5. The first-order chi connectivity index (χ1) is 13.8. The summed E-state index contributed by atoms with van der Waals surface area (Å²) in [6, 6.07) is -5.05. The van der Waals surface area contributed by atoms with E-state index >= 15 is 0 Å². The van der Waals surface area contributed by atoms with Crippen LogP contribution in [0, 0.1) is 5.92 Å². The molecule has 0 saturated heterocycles. The minimum absolute atomic E-state index is 0.355. The number of carbonyl (C=O) groups excluding carboxylic acids is 5. The van der Waals surface area contributed by atoms with E-state index in [0.29, 0.717) is 6.42 Å². The largest absolute Gasteiger partial charge is 0.480 e. The van der Waals surface area contributed by atoms with Crippen LogP contribution in [0.3, 0.4) is 0 Å². The molecule has 170 valence electrons. The highest BCUT2D eigenvalue weighted by atomic mass is 16.4. The third-order valence-corrected chi connectivity index (χ3v) is 4.32. The fourth-order valence-electron chi connectivity index (χ4n) is 2.34. The number of rotatable bonds is 13. The van der Waals surface area contributed by atoms with Crippen molar-refractivity contribution < 1.29 is 33.9 Å². The Labute approximate surface area is 173 Å². The van der Waals surface area contributed by atoms with Crippen LogP contribution in [0.15, 0.2) is 0 Å². The SMILES string of the molecule is CCC(C)C(NC(=O)C(N)CC(N)=O)C(=O)NC(C)C(=O)NC(CC(N)=O)C(=O)O. The summed E-state index contributed by atoms with van der Waals surface area (Å²) >= 11 is 0. The van der Waals surface area contributed by atoms with E-state index in [0.717, 1.165) is 0 Å². The number of carboxylic acid groups (broad SMARTS) is 1. The molecule has 0 aromatic heterocycles. The molecule has 0 aromatic carbocycles. The lowest BCUT2D eigenvalue weighted by Gasteiger charge is -2.26. The van der Waals surface area contributed by atoms with Gasteiger partial charge in [-0.05, 0) is 12.8 Å². The molecule has 0 aliphatic carbocycles. The fraction of sp³-hybridized carbons (Fsp3) is 0.647. The Morgan fingerprint density at radius 2 is 1.37 bits per heavy atom. The maximum atomic E-state index is 12.6. The highest BCUT2D eigenvalue weighted by Gasteiger charge is 2.31. The number of nitrogens with two attached hydrogens (primary N) is 3. The molecule has 0 spiro atoms. The van der Waals surface area contributed by atoms with Crippen molar-refractivity contribution in [2.45, 2.75) is 64.2 Å². The van der Waals surface area contributed by atoms with E-state index in [2.05, 4.69) is 16.0 Å². The summed E-state index contributed by atoms with van der Waals surface area (Å²) in [6.07, 6.45) is -0.537. The highest BCUT2D eigenvalue weighted by Crippen LogP contribution is 2.09. The van der Waals surface area contributed by atoms with Gasteiger partial charge in [0.1, 0.15) is 18.1 Å². The summed E-state index contributed by atoms with van der Waals surface area (Å²) in [7, 11) is 0. The first-order valence-corrected chi connectivity index (χ1v) is 9.26. The van der Waals surface area contributed by atoms with E-state index in [9.17, 15) is 28.8 Å². The summed E-state index contributed by atoms with van der Waals surface area (Å²) in [5.41, 5.74) is 15.5. The second-order valence-corrected chi connectivity index (χ2v) is 6.95. The van der Waals surface area contributed by atoms with Crippen LogP contribution in [0.4, 0.5) is 0 Å². The number of hydrogen-bond acceptors (Lipinski definition) is 7. The van der Waals surface area contributed by atoms with Gasteiger partial charge < -0.3 is 38.3 Å². The van der Waals surface area contributed by atoms with Crippen LogP contribution in [-0.4, -0.2) is 64.8 Å². The van der Waals surface area contributed by atoms with Gasteiger partial charge in [0.2, 0.25) is 29.5 Å². The van der Waals surface area contributed by atoms with Crippen LogP contribution >= 0.6 is 0 Å². The first kappa shape index (κ1) is 26.8. The van der Waals surface area contributed by atoms with Gasteiger partial charge in [-0.2, -0.15) is 0 Å². The normalized spacial score (nSPS) is 15.6. The zero-order chi connectivity index (χ0) is 23.6. The van der Waals surface area contributed by atoms with Crippen LogP contribution in [-0.2, 0) is 28.8 Å². The third kappa shape index (κ3) is 9.32. The molecule has 0 aliphatic heterocycles. The van der Waals surface area contributed by atoms with Crippen molar-refractivity contribution in [3.63, 3.8) is 0 Å². The minimum Gasteiger partial charge on any atom is -0.480 e. The van der Waals surface area contributed by atoms with Crippen molar-refractivity contribution >= 4 is 35.5 Å². The first-order valence-electron chi connectivity index (χ1n) is 9.26. The molecule has 10 N–H and O–H groups in total. The lowest BCUT2D eigenvalue weighted by atomic mass is 9.97. The zero-order valence-electron chi connectivity index (χ0n) is 17.1. The molecule has 5 atom stereocenters. The van der Waals surface area contributed by atoms with Crippen molar-refractivity contribution in [1.29, 1.82) is 0 Å². The topological polar surface area (TPSA) is 237 Å². The third-order valence-electron chi connectivity index (χ3n) is 4.32. The molecule has 30 heavy (non-hydrogen) atoms. The average molecular weight is 430 g/mol. The Hall–Kier alpha value is -3.22. The van der Waals surface area contributed by atoms with E-state index in [1.54, 1.807) is 13.8 Å². The molecule has 0 fully saturated rings. The molecule has 0 rings (SSSR count). The monoisotopic (exact) mass is 430 g/mol. The predicted octanol–water partition coefficient (Wildman–Crippen LogP) is -3.33. The molecule has 13 heteroatoms. The van der Waals surface area contributed by atoms with Gasteiger partial charge in [-0.3, -0.25) is 24.0 Å².